The fourth-order valence-electron chi connectivity index (χ4n) is 3.50. The molecule has 1 atom stereocenters. The van der Waals surface area contributed by atoms with Crippen molar-refractivity contribution in [2.45, 2.75) is 32.2 Å². The second-order valence-corrected chi connectivity index (χ2v) is 7.85. The smallest absolute Gasteiger partial charge is 0.321 e. The number of rotatable bonds is 6. The molecule has 0 spiro atoms. The molecule has 2 aromatic rings. The Morgan fingerprint density at radius 2 is 1.83 bits per heavy atom. The van der Waals surface area contributed by atoms with E-state index in [0.29, 0.717) is 37.2 Å². The predicted molar refractivity (Wildman–Crippen MR) is 112 cm³/mol. The summed E-state index contributed by atoms with van der Waals surface area (Å²) in [6.07, 6.45) is 2.84. The number of carbonyl (C=O) groups is 2. The average Bonchev–Trinajstić information content (AvgIpc) is 2.73. The number of nitrogens with zero attached hydrogens (tertiary/aromatic N) is 1. The van der Waals surface area contributed by atoms with Crippen molar-refractivity contribution < 1.29 is 18.4 Å². The van der Waals surface area contributed by atoms with Gasteiger partial charge in [-0.2, -0.15) is 0 Å². The van der Waals surface area contributed by atoms with Gasteiger partial charge in [-0.3, -0.25) is 4.79 Å². The maximum atomic E-state index is 13.1. The highest BCUT2D eigenvalue weighted by Crippen LogP contribution is 2.22. The molecule has 3 amide bonds. The minimum atomic E-state index is -0.416. The molecule has 0 aliphatic carbocycles. The van der Waals surface area contributed by atoms with Crippen molar-refractivity contribution in [2.75, 3.05) is 18.4 Å². The molecular weight excluding hydrogens is 412 g/mol. The Kier molecular flexibility index (Phi) is 7.63. The summed E-state index contributed by atoms with van der Waals surface area (Å²) in [5.74, 6) is -0.646. The summed E-state index contributed by atoms with van der Waals surface area (Å²) in [7, 11) is 0. The number of hydrogen-bond acceptors (Lipinski definition) is 2. The lowest BCUT2D eigenvalue weighted by atomic mass is 9.93. The van der Waals surface area contributed by atoms with E-state index in [-0.39, 0.29) is 35.2 Å². The summed E-state index contributed by atoms with van der Waals surface area (Å²) in [6.45, 7) is 1.47. The third-order valence-corrected chi connectivity index (χ3v) is 5.52. The van der Waals surface area contributed by atoms with Gasteiger partial charge in [0.1, 0.15) is 11.6 Å². The first kappa shape index (κ1) is 22.0. The summed E-state index contributed by atoms with van der Waals surface area (Å²) < 4.78 is 26.1. The van der Waals surface area contributed by atoms with E-state index in [2.05, 4.69) is 10.6 Å². The van der Waals surface area contributed by atoms with Gasteiger partial charge in [-0.1, -0.05) is 17.7 Å². The van der Waals surface area contributed by atoms with Crippen molar-refractivity contribution in [3.8, 4) is 0 Å². The number of urea groups is 1. The molecule has 0 unspecified atom stereocenters. The zero-order valence-corrected chi connectivity index (χ0v) is 17.2. The summed E-state index contributed by atoms with van der Waals surface area (Å²) in [5.41, 5.74) is 1.20. The van der Waals surface area contributed by atoms with E-state index in [1.807, 2.05) is 0 Å². The van der Waals surface area contributed by atoms with E-state index in [4.69, 9.17) is 11.6 Å². The number of hydrogen-bond donors (Lipinski definition) is 2. The van der Waals surface area contributed by atoms with Crippen LogP contribution in [0.4, 0.5) is 19.3 Å². The van der Waals surface area contributed by atoms with E-state index >= 15 is 0 Å². The summed E-state index contributed by atoms with van der Waals surface area (Å²) in [5, 5.41) is 5.86. The van der Waals surface area contributed by atoms with Gasteiger partial charge < -0.3 is 15.5 Å². The number of anilines is 1. The van der Waals surface area contributed by atoms with Crippen molar-refractivity contribution in [3.05, 3.63) is 64.7 Å². The summed E-state index contributed by atoms with van der Waals surface area (Å²) in [4.78, 5) is 26.4. The Labute approximate surface area is 179 Å². The lowest BCUT2D eigenvalue weighted by molar-refractivity contribution is -0.121. The number of nitrogens with one attached hydrogen (secondary N) is 2. The molecule has 2 aromatic carbocycles. The predicted octanol–water partition coefficient (Wildman–Crippen LogP) is 4.96. The molecule has 0 aromatic heterocycles. The Morgan fingerprint density at radius 1 is 1.10 bits per heavy atom. The van der Waals surface area contributed by atoms with Crippen molar-refractivity contribution in [1.29, 1.82) is 0 Å². The monoisotopic (exact) mass is 435 g/mol. The largest absolute Gasteiger partial charge is 0.352 e. The molecule has 8 heteroatoms. The molecule has 5 nitrogen and oxygen atoms in total. The quantitative estimate of drug-likeness (QED) is 0.673. The normalized spacial score (nSPS) is 16.2. The van der Waals surface area contributed by atoms with Gasteiger partial charge >= 0.3 is 6.03 Å². The SMILES string of the molecule is O=C(CC[C@@H]1CCCN(C(=O)Nc2ccc(F)cc2)C1)NCc1ccc(F)cc1Cl. The number of halogens is 3. The molecule has 0 bridgehead atoms. The molecule has 0 radical (unpaired) electrons. The van der Waals surface area contributed by atoms with E-state index in [0.717, 1.165) is 12.8 Å². The van der Waals surface area contributed by atoms with Crippen molar-refractivity contribution in [3.63, 3.8) is 0 Å². The molecule has 1 fully saturated rings. The second kappa shape index (κ2) is 10.4. The Bertz CT molecular complexity index is 892. The van der Waals surface area contributed by atoms with Crippen LogP contribution >= 0.6 is 11.6 Å². The maximum absolute atomic E-state index is 13.1. The maximum Gasteiger partial charge on any atom is 0.321 e. The molecule has 1 aliphatic rings. The van der Waals surface area contributed by atoms with Crippen LogP contribution in [0.25, 0.3) is 0 Å². The molecule has 3 rings (SSSR count). The van der Waals surface area contributed by atoms with Crippen LogP contribution in [0.3, 0.4) is 0 Å². The van der Waals surface area contributed by atoms with Gasteiger partial charge in [-0.25, -0.2) is 13.6 Å². The standard InChI is InChI=1S/C22H24ClF2N3O2/c23-20-12-18(25)5-4-16(20)13-26-21(29)10-3-15-2-1-11-28(14-15)22(30)27-19-8-6-17(24)7-9-19/h4-9,12,15H,1-3,10-11,13-14H2,(H,26,29)(H,27,30)/t15-/m0/s1. The third kappa shape index (κ3) is 6.42. The number of amides is 3. The van der Waals surface area contributed by atoms with Crippen LogP contribution in [0.15, 0.2) is 42.5 Å². The number of benzene rings is 2. The second-order valence-electron chi connectivity index (χ2n) is 7.44. The highest BCUT2D eigenvalue weighted by molar-refractivity contribution is 6.31. The van der Waals surface area contributed by atoms with E-state index < -0.39 is 5.82 Å². The first-order valence-electron chi connectivity index (χ1n) is 9.93. The molecule has 30 heavy (non-hydrogen) atoms. The van der Waals surface area contributed by atoms with Crippen molar-refractivity contribution in [1.82, 2.24) is 10.2 Å². The lowest BCUT2D eigenvalue weighted by Gasteiger charge is -2.32. The number of piperidine rings is 1. The van der Waals surface area contributed by atoms with Gasteiger partial charge in [0.15, 0.2) is 0 Å². The first-order chi connectivity index (χ1) is 14.4. The van der Waals surface area contributed by atoms with E-state index in [1.54, 1.807) is 11.0 Å². The lowest BCUT2D eigenvalue weighted by Crippen LogP contribution is -2.42. The zero-order chi connectivity index (χ0) is 21.5. The highest BCUT2D eigenvalue weighted by atomic mass is 35.5. The van der Waals surface area contributed by atoms with Gasteiger partial charge in [0.05, 0.1) is 0 Å². The van der Waals surface area contributed by atoms with Gasteiger partial charge in [-0.15, -0.1) is 0 Å². The molecule has 160 valence electrons. The van der Waals surface area contributed by atoms with Crippen LogP contribution in [-0.4, -0.2) is 29.9 Å². The Hall–Kier alpha value is -2.67. The van der Waals surface area contributed by atoms with Crippen LogP contribution in [0.2, 0.25) is 5.02 Å². The van der Waals surface area contributed by atoms with Crippen LogP contribution in [-0.2, 0) is 11.3 Å². The van der Waals surface area contributed by atoms with Crippen LogP contribution in [0.1, 0.15) is 31.2 Å². The van der Waals surface area contributed by atoms with Gasteiger partial charge in [-0.05, 0) is 67.1 Å². The Balaban J connectivity index is 1.42. The topological polar surface area (TPSA) is 61.4 Å². The average molecular weight is 436 g/mol. The first-order valence-corrected chi connectivity index (χ1v) is 10.3. The van der Waals surface area contributed by atoms with E-state index in [9.17, 15) is 18.4 Å². The number of likely N-dealkylation sites (tertiary alicyclic amines) is 1. The molecule has 1 aliphatic heterocycles. The molecule has 1 saturated heterocycles. The van der Waals surface area contributed by atoms with Crippen molar-refractivity contribution in [2.24, 2.45) is 5.92 Å². The summed E-state index contributed by atoms with van der Waals surface area (Å²) >= 11 is 5.97. The van der Waals surface area contributed by atoms with E-state index in [1.165, 1.54) is 36.4 Å². The zero-order valence-electron chi connectivity index (χ0n) is 16.5. The minimum Gasteiger partial charge on any atom is -0.352 e. The molecule has 2 N–H and O–H groups in total. The fraction of sp³-hybridized carbons (Fsp3) is 0.364. The number of carbonyl (C=O) groups excluding carboxylic acids is 2. The molecular formula is C22H24ClF2N3O2. The van der Waals surface area contributed by atoms with Gasteiger partial charge in [0.2, 0.25) is 5.91 Å². The fourth-order valence-corrected chi connectivity index (χ4v) is 3.74. The highest BCUT2D eigenvalue weighted by Gasteiger charge is 2.24. The van der Waals surface area contributed by atoms with Gasteiger partial charge in [0, 0.05) is 36.8 Å². The Morgan fingerprint density at radius 3 is 2.57 bits per heavy atom. The van der Waals surface area contributed by atoms with Crippen molar-refractivity contribution >= 4 is 29.2 Å². The minimum absolute atomic E-state index is 0.108. The third-order valence-electron chi connectivity index (χ3n) is 5.17. The van der Waals surface area contributed by atoms with Crippen LogP contribution in [0.5, 0.6) is 0 Å². The summed E-state index contributed by atoms with van der Waals surface area (Å²) in [6, 6.07) is 9.49. The van der Waals surface area contributed by atoms with Crippen LogP contribution in [0, 0.1) is 17.6 Å². The molecule has 0 saturated carbocycles. The molecule has 1 heterocycles. The van der Waals surface area contributed by atoms with Gasteiger partial charge in [0.25, 0.3) is 0 Å². The van der Waals surface area contributed by atoms with Crippen LogP contribution < -0.4 is 10.6 Å².